The molecule has 0 aliphatic rings. The van der Waals surface area contributed by atoms with Crippen LogP contribution in [0.1, 0.15) is 18.1 Å². The van der Waals surface area contributed by atoms with Gasteiger partial charge in [0.05, 0.1) is 12.8 Å². The summed E-state index contributed by atoms with van der Waals surface area (Å²) in [6.07, 6.45) is 1.21. The summed E-state index contributed by atoms with van der Waals surface area (Å²) in [4.78, 5) is 0.0616. The SMILES string of the molecule is CCOc1cc(/C=N\O)ccc1OS(=O)(=O)c1ccc(C)cc1. The first kappa shape index (κ1) is 16.8. The Kier molecular flexibility index (Phi) is 5.23. The van der Waals surface area contributed by atoms with Gasteiger partial charge in [-0.15, -0.1) is 0 Å². The molecule has 2 aromatic carbocycles. The van der Waals surface area contributed by atoms with E-state index in [4.69, 9.17) is 14.1 Å². The van der Waals surface area contributed by atoms with Crippen LogP contribution in [-0.2, 0) is 10.1 Å². The van der Waals surface area contributed by atoms with Gasteiger partial charge in [0.15, 0.2) is 11.5 Å². The summed E-state index contributed by atoms with van der Waals surface area (Å²) < 4.78 is 35.2. The molecule has 0 saturated heterocycles. The molecule has 0 aliphatic carbocycles. The summed E-state index contributed by atoms with van der Waals surface area (Å²) in [7, 11) is -3.96. The second-order valence-corrected chi connectivity index (χ2v) is 6.28. The van der Waals surface area contributed by atoms with Crippen LogP contribution in [-0.4, -0.2) is 26.4 Å². The van der Waals surface area contributed by atoms with E-state index in [-0.39, 0.29) is 16.4 Å². The second kappa shape index (κ2) is 7.15. The van der Waals surface area contributed by atoms with Crippen LogP contribution in [0.5, 0.6) is 11.5 Å². The molecule has 0 spiro atoms. The number of aryl methyl sites for hydroxylation is 1. The number of ether oxygens (including phenoxy) is 1. The van der Waals surface area contributed by atoms with Crippen molar-refractivity contribution in [2.75, 3.05) is 6.61 Å². The molecule has 7 heteroatoms. The van der Waals surface area contributed by atoms with Gasteiger partial charge in [0.2, 0.25) is 0 Å². The van der Waals surface area contributed by atoms with Gasteiger partial charge in [0, 0.05) is 5.56 Å². The lowest BCUT2D eigenvalue weighted by Crippen LogP contribution is -2.11. The molecule has 0 unspecified atom stereocenters. The van der Waals surface area contributed by atoms with E-state index in [1.54, 1.807) is 25.1 Å². The molecule has 0 atom stereocenters. The summed E-state index contributed by atoms with van der Waals surface area (Å²) in [5, 5.41) is 11.5. The molecule has 0 amide bonds. The number of hydrogen-bond donors (Lipinski definition) is 1. The molecule has 2 rings (SSSR count). The van der Waals surface area contributed by atoms with Gasteiger partial charge >= 0.3 is 10.1 Å². The number of nitrogens with zero attached hydrogens (tertiary/aromatic N) is 1. The van der Waals surface area contributed by atoms with E-state index < -0.39 is 10.1 Å². The van der Waals surface area contributed by atoms with Crippen LogP contribution in [0.2, 0.25) is 0 Å². The van der Waals surface area contributed by atoms with E-state index in [0.717, 1.165) is 5.56 Å². The highest BCUT2D eigenvalue weighted by molar-refractivity contribution is 7.87. The van der Waals surface area contributed by atoms with Gasteiger partial charge in [0.1, 0.15) is 4.90 Å². The smallest absolute Gasteiger partial charge is 0.339 e. The van der Waals surface area contributed by atoms with Crippen molar-refractivity contribution in [1.29, 1.82) is 0 Å². The fourth-order valence-corrected chi connectivity index (χ4v) is 2.82. The van der Waals surface area contributed by atoms with Crippen LogP contribution in [0, 0.1) is 6.92 Å². The molecule has 0 fully saturated rings. The molecular formula is C16H17NO5S. The minimum Gasteiger partial charge on any atom is -0.490 e. The highest BCUT2D eigenvalue weighted by atomic mass is 32.2. The van der Waals surface area contributed by atoms with E-state index in [2.05, 4.69) is 5.16 Å². The predicted molar refractivity (Wildman–Crippen MR) is 86.0 cm³/mol. The van der Waals surface area contributed by atoms with E-state index >= 15 is 0 Å². The Morgan fingerprint density at radius 2 is 1.83 bits per heavy atom. The minimum atomic E-state index is -3.96. The Balaban J connectivity index is 2.36. The molecule has 0 heterocycles. The van der Waals surface area contributed by atoms with Gasteiger partial charge < -0.3 is 14.1 Å². The Bertz CT molecular complexity index is 798. The Morgan fingerprint density at radius 3 is 2.43 bits per heavy atom. The molecule has 0 aliphatic heterocycles. The van der Waals surface area contributed by atoms with Crippen LogP contribution in [0.4, 0.5) is 0 Å². The number of hydrogen-bond acceptors (Lipinski definition) is 6. The third-order valence-corrected chi connectivity index (χ3v) is 4.23. The Morgan fingerprint density at radius 1 is 1.13 bits per heavy atom. The summed E-state index contributed by atoms with van der Waals surface area (Å²) in [6.45, 7) is 3.97. The van der Waals surface area contributed by atoms with Crippen LogP contribution in [0.25, 0.3) is 0 Å². The first-order chi connectivity index (χ1) is 11.0. The van der Waals surface area contributed by atoms with Crippen LogP contribution < -0.4 is 8.92 Å². The quantitative estimate of drug-likeness (QED) is 0.380. The van der Waals surface area contributed by atoms with Crippen molar-refractivity contribution in [3.8, 4) is 11.5 Å². The zero-order valence-corrected chi connectivity index (χ0v) is 13.6. The average Bonchev–Trinajstić information content (AvgIpc) is 2.51. The van der Waals surface area contributed by atoms with Crippen LogP contribution >= 0.6 is 0 Å². The summed E-state index contributed by atoms with van der Waals surface area (Å²) in [5.41, 5.74) is 1.50. The normalized spacial score (nSPS) is 11.6. The number of oxime groups is 1. The Labute approximate surface area is 135 Å². The molecule has 2 aromatic rings. The highest BCUT2D eigenvalue weighted by Crippen LogP contribution is 2.30. The first-order valence-electron chi connectivity index (χ1n) is 6.91. The van der Waals surface area contributed by atoms with Crippen LogP contribution in [0.15, 0.2) is 52.5 Å². The van der Waals surface area contributed by atoms with Gasteiger partial charge in [-0.3, -0.25) is 0 Å². The van der Waals surface area contributed by atoms with Crippen molar-refractivity contribution in [1.82, 2.24) is 0 Å². The second-order valence-electron chi connectivity index (χ2n) is 4.73. The van der Waals surface area contributed by atoms with E-state index in [0.29, 0.717) is 12.2 Å². The van der Waals surface area contributed by atoms with E-state index in [9.17, 15) is 8.42 Å². The molecule has 0 saturated carbocycles. The first-order valence-corrected chi connectivity index (χ1v) is 8.32. The van der Waals surface area contributed by atoms with Crippen molar-refractivity contribution >= 4 is 16.3 Å². The molecule has 6 nitrogen and oxygen atoms in total. The highest BCUT2D eigenvalue weighted by Gasteiger charge is 2.19. The average molecular weight is 335 g/mol. The van der Waals surface area contributed by atoms with Crippen molar-refractivity contribution in [2.24, 2.45) is 5.16 Å². The lowest BCUT2D eigenvalue weighted by Gasteiger charge is -2.12. The zero-order chi connectivity index (χ0) is 16.9. The van der Waals surface area contributed by atoms with Gasteiger partial charge in [-0.05, 0) is 44.2 Å². The third-order valence-electron chi connectivity index (χ3n) is 2.98. The Hall–Kier alpha value is -2.54. The van der Waals surface area contributed by atoms with E-state index in [1.165, 1.54) is 30.5 Å². The van der Waals surface area contributed by atoms with Gasteiger partial charge in [-0.1, -0.05) is 22.9 Å². The maximum Gasteiger partial charge on any atom is 0.339 e. The van der Waals surface area contributed by atoms with Crippen molar-refractivity contribution in [2.45, 2.75) is 18.7 Å². The van der Waals surface area contributed by atoms with Gasteiger partial charge in [0.25, 0.3) is 0 Å². The standard InChI is InChI=1S/C16H17NO5S/c1-3-21-16-10-13(11-17-18)6-9-15(16)22-23(19,20)14-7-4-12(2)5-8-14/h4-11,18H,3H2,1-2H3/b17-11-. The summed E-state index contributed by atoms with van der Waals surface area (Å²) in [5.74, 6) is 0.322. The molecule has 0 bridgehead atoms. The van der Waals surface area contributed by atoms with Crippen molar-refractivity contribution < 1.29 is 22.5 Å². The topological polar surface area (TPSA) is 85.2 Å². The fraction of sp³-hybridized carbons (Fsp3) is 0.188. The largest absolute Gasteiger partial charge is 0.490 e. The molecule has 23 heavy (non-hydrogen) atoms. The van der Waals surface area contributed by atoms with E-state index in [1.807, 2.05) is 6.92 Å². The molecule has 122 valence electrons. The monoisotopic (exact) mass is 335 g/mol. The maximum atomic E-state index is 12.3. The lowest BCUT2D eigenvalue weighted by atomic mass is 10.2. The van der Waals surface area contributed by atoms with Gasteiger partial charge in [-0.2, -0.15) is 8.42 Å². The molecule has 0 radical (unpaired) electrons. The number of rotatable bonds is 6. The summed E-state index contributed by atoms with van der Waals surface area (Å²) >= 11 is 0. The summed E-state index contributed by atoms with van der Waals surface area (Å²) in [6, 6.07) is 10.9. The maximum absolute atomic E-state index is 12.3. The number of benzene rings is 2. The van der Waals surface area contributed by atoms with Crippen molar-refractivity contribution in [3.63, 3.8) is 0 Å². The molecule has 1 N–H and O–H groups in total. The molecular weight excluding hydrogens is 318 g/mol. The van der Waals surface area contributed by atoms with Crippen molar-refractivity contribution in [3.05, 3.63) is 53.6 Å². The predicted octanol–water partition coefficient (Wildman–Crippen LogP) is 2.97. The van der Waals surface area contributed by atoms with Gasteiger partial charge in [-0.25, -0.2) is 0 Å². The fourth-order valence-electron chi connectivity index (χ4n) is 1.88. The lowest BCUT2D eigenvalue weighted by molar-refractivity contribution is 0.321. The minimum absolute atomic E-state index is 0.0616. The molecule has 0 aromatic heterocycles. The third kappa shape index (κ3) is 4.23. The zero-order valence-electron chi connectivity index (χ0n) is 12.8. The van der Waals surface area contributed by atoms with Crippen LogP contribution in [0.3, 0.4) is 0 Å².